The van der Waals surface area contributed by atoms with Crippen molar-refractivity contribution in [1.82, 2.24) is 15.2 Å². The van der Waals surface area contributed by atoms with E-state index in [1.807, 2.05) is 12.1 Å². The first kappa shape index (κ1) is 23.6. The number of benzene rings is 3. The van der Waals surface area contributed by atoms with Gasteiger partial charge in [-0.2, -0.15) is 10.2 Å². The highest BCUT2D eigenvalue weighted by molar-refractivity contribution is 6.42. The predicted molar refractivity (Wildman–Crippen MR) is 134 cm³/mol. The van der Waals surface area contributed by atoms with Crippen LogP contribution in [0.4, 0.5) is 0 Å². The van der Waals surface area contributed by atoms with E-state index in [0.29, 0.717) is 37.6 Å². The third-order valence-corrected chi connectivity index (χ3v) is 5.97. The fourth-order valence-corrected chi connectivity index (χ4v) is 3.72. The number of phenolic OH excluding ortho intramolecular Hbond substituents is 2. The van der Waals surface area contributed by atoms with Crippen molar-refractivity contribution in [1.29, 1.82) is 0 Å². The van der Waals surface area contributed by atoms with Gasteiger partial charge in [0, 0.05) is 16.1 Å². The van der Waals surface area contributed by atoms with E-state index in [9.17, 15) is 15.0 Å². The molecule has 34 heavy (non-hydrogen) atoms. The average Bonchev–Trinajstić information content (AvgIpc) is 3.15. The Kier molecular flexibility index (Phi) is 6.79. The molecule has 0 saturated carbocycles. The SMILES string of the molecule is Cc1c(C(=O)N/N=C/c2ccc(O)c(O)c2)nn(-c2ccc(Cl)c(Cl)c2)c1-c1ccc(Cl)cc1. The first-order valence-corrected chi connectivity index (χ1v) is 11.0. The molecular formula is C24H17Cl3N4O3. The maximum Gasteiger partial charge on any atom is 0.292 e. The van der Waals surface area contributed by atoms with E-state index >= 15 is 0 Å². The lowest BCUT2D eigenvalue weighted by Crippen LogP contribution is -2.19. The number of aromatic hydroxyl groups is 2. The second kappa shape index (κ2) is 9.77. The molecule has 4 rings (SSSR count). The minimum Gasteiger partial charge on any atom is -0.504 e. The van der Waals surface area contributed by atoms with Gasteiger partial charge in [0.15, 0.2) is 17.2 Å². The van der Waals surface area contributed by atoms with Crippen LogP contribution < -0.4 is 5.43 Å². The van der Waals surface area contributed by atoms with Gasteiger partial charge in [0.05, 0.1) is 27.6 Å². The number of nitrogens with zero attached hydrogens (tertiary/aromatic N) is 3. The van der Waals surface area contributed by atoms with Gasteiger partial charge in [-0.25, -0.2) is 10.1 Å². The lowest BCUT2D eigenvalue weighted by molar-refractivity contribution is 0.0949. The summed E-state index contributed by atoms with van der Waals surface area (Å²) >= 11 is 18.3. The van der Waals surface area contributed by atoms with Crippen LogP contribution in [0.25, 0.3) is 16.9 Å². The van der Waals surface area contributed by atoms with E-state index in [0.717, 1.165) is 5.56 Å². The van der Waals surface area contributed by atoms with Crippen molar-refractivity contribution in [2.75, 3.05) is 0 Å². The Morgan fingerprint density at radius 2 is 1.71 bits per heavy atom. The predicted octanol–water partition coefficient (Wildman–Crippen LogP) is 5.98. The van der Waals surface area contributed by atoms with Gasteiger partial charge in [0.25, 0.3) is 5.91 Å². The van der Waals surface area contributed by atoms with Crippen LogP contribution in [0.2, 0.25) is 15.1 Å². The van der Waals surface area contributed by atoms with Gasteiger partial charge in [-0.15, -0.1) is 0 Å². The minimum absolute atomic E-state index is 0.154. The molecule has 1 amide bonds. The number of amides is 1. The Morgan fingerprint density at radius 3 is 2.38 bits per heavy atom. The fraction of sp³-hybridized carbons (Fsp3) is 0.0417. The van der Waals surface area contributed by atoms with Gasteiger partial charge in [0.1, 0.15) is 0 Å². The summed E-state index contributed by atoms with van der Waals surface area (Å²) in [7, 11) is 0. The van der Waals surface area contributed by atoms with Gasteiger partial charge >= 0.3 is 0 Å². The summed E-state index contributed by atoms with van der Waals surface area (Å²) in [6.07, 6.45) is 1.34. The van der Waals surface area contributed by atoms with Crippen molar-refractivity contribution in [2.45, 2.75) is 6.92 Å². The zero-order valence-electron chi connectivity index (χ0n) is 17.6. The number of hydrazone groups is 1. The van der Waals surface area contributed by atoms with E-state index < -0.39 is 5.91 Å². The maximum atomic E-state index is 12.9. The Bertz CT molecular complexity index is 1420. The highest BCUT2D eigenvalue weighted by atomic mass is 35.5. The fourth-order valence-electron chi connectivity index (χ4n) is 3.30. The number of carbonyl (C=O) groups is 1. The number of hydrogen-bond acceptors (Lipinski definition) is 5. The molecule has 7 nitrogen and oxygen atoms in total. The molecule has 0 fully saturated rings. The normalized spacial score (nSPS) is 11.2. The molecule has 1 aromatic heterocycles. The smallest absolute Gasteiger partial charge is 0.292 e. The molecule has 0 unspecified atom stereocenters. The van der Waals surface area contributed by atoms with Crippen molar-refractivity contribution in [3.05, 3.63) is 92.6 Å². The second-order valence-corrected chi connectivity index (χ2v) is 8.54. The van der Waals surface area contributed by atoms with E-state index in [1.54, 1.807) is 41.9 Å². The van der Waals surface area contributed by atoms with Crippen molar-refractivity contribution in [3.8, 4) is 28.4 Å². The van der Waals surface area contributed by atoms with Crippen LogP contribution in [0.15, 0.2) is 65.8 Å². The monoisotopic (exact) mass is 514 g/mol. The first-order valence-electron chi connectivity index (χ1n) is 9.91. The molecule has 4 aromatic rings. The summed E-state index contributed by atoms with van der Waals surface area (Å²) in [4.78, 5) is 12.9. The Hall–Kier alpha value is -3.52. The topological polar surface area (TPSA) is 99.7 Å². The Balaban J connectivity index is 1.71. The van der Waals surface area contributed by atoms with E-state index in [4.69, 9.17) is 34.8 Å². The first-order chi connectivity index (χ1) is 16.2. The van der Waals surface area contributed by atoms with Crippen molar-refractivity contribution < 1.29 is 15.0 Å². The molecule has 1 heterocycles. The zero-order chi connectivity index (χ0) is 24.4. The number of rotatable bonds is 5. The Morgan fingerprint density at radius 1 is 0.971 bits per heavy atom. The van der Waals surface area contributed by atoms with Crippen molar-refractivity contribution in [2.24, 2.45) is 5.10 Å². The minimum atomic E-state index is -0.536. The van der Waals surface area contributed by atoms with Gasteiger partial charge in [0.2, 0.25) is 0 Å². The lowest BCUT2D eigenvalue weighted by atomic mass is 10.1. The molecule has 3 N–H and O–H groups in total. The molecule has 0 aliphatic heterocycles. The van der Waals surface area contributed by atoms with Gasteiger partial charge in [-0.1, -0.05) is 46.9 Å². The summed E-state index contributed by atoms with van der Waals surface area (Å²) in [5.74, 6) is -1.08. The van der Waals surface area contributed by atoms with Crippen LogP contribution in [-0.2, 0) is 0 Å². The molecule has 3 aromatic carbocycles. The van der Waals surface area contributed by atoms with Crippen LogP contribution in [0.3, 0.4) is 0 Å². The van der Waals surface area contributed by atoms with Crippen LogP contribution in [0.1, 0.15) is 21.6 Å². The average molecular weight is 516 g/mol. The summed E-state index contributed by atoms with van der Waals surface area (Å²) in [6.45, 7) is 1.78. The molecule has 0 radical (unpaired) electrons. The molecule has 0 bridgehead atoms. The van der Waals surface area contributed by atoms with Crippen LogP contribution in [0, 0.1) is 6.92 Å². The number of aromatic nitrogens is 2. The van der Waals surface area contributed by atoms with Crippen molar-refractivity contribution >= 4 is 46.9 Å². The van der Waals surface area contributed by atoms with E-state index in [1.165, 1.54) is 24.4 Å². The third-order valence-electron chi connectivity index (χ3n) is 4.98. The molecule has 0 aliphatic carbocycles. The van der Waals surface area contributed by atoms with E-state index in [-0.39, 0.29) is 17.2 Å². The molecule has 0 aliphatic rings. The number of carbonyl (C=O) groups excluding carboxylic acids is 1. The molecular weight excluding hydrogens is 499 g/mol. The second-order valence-electron chi connectivity index (χ2n) is 7.29. The van der Waals surface area contributed by atoms with Crippen LogP contribution in [0.5, 0.6) is 11.5 Å². The highest BCUT2D eigenvalue weighted by Crippen LogP contribution is 2.32. The van der Waals surface area contributed by atoms with E-state index in [2.05, 4.69) is 15.6 Å². The standard InChI is InChI=1S/C24H17Cl3N4O3/c1-13-22(24(34)29-28-12-14-2-9-20(32)21(33)10-14)30-31(17-7-8-18(26)19(27)11-17)23(13)15-3-5-16(25)6-4-15/h2-12,32-33H,1H3,(H,29,34)/b28-12+. The summed E-state index contributed by atoms with van der Waals surface area (Å²) in [5.41, 5.74) is 5.77. The highest BCUT2D eigenvalue weighted by Gasteiger charge is 2.22. The summed E-state index contributed by atoms with van der Waals surface area (Å²) in [6, 6.07) is 16.4. The number of nitrogens with one attached hydrogen (secondary N) is 1. The number of hydrogen-bond donors (Lipinski definition) is 3. The van der Waals surface area contributed by atoms with Crippen molar-refractivity contribution in [3.63, 3.8) is 0 Å². The van der Waals surface area contributed by atoms with Crippen LogP contribution in [-0.4, -0.2) is 32.1 Å². The molecule has 0 spiro atoms. The summed E-state index contributed by atoms with van der Waals surface area (Å²) < 4.78 is 1.61. The maximum absolute atomic E-state index is 12.9. The lowest BCUT2D eigenvalue weighted by Gasteiger charge is -2.10. The van der Waals surface area contributed by atoms with Gasteiger partial charge in [-0.05, 0) is 61.0 Å². The molecule has 172 valence electrons. The molecule has 0 saturated heterocycles. The molecule has 10 heteroatoms. The number of phenols is 2. The number of halogens is 3. The van der Waals surface area contributed by atoms with Gasteiger partial charge in [-0.3, -0.25) is 4.79 Å². The van der Waals surface area contributed by atoms with Crippen LogP contribution >= 0.6 is 34.8 Å². The summed E-state index contributed by atoms with van der Waals surface area (Å²) in [5, 5.41) is 28.8. The Labute approximate surface area is 209 Å². The molecule has 0 atom stereocenters. The van der Waals surface area contributed by atoms with Gasteiger partial charge < -0.3 is 10.2 Å². The quantitative estimate of drug-likeness (QED) is 0.173. The third kappa shape index (κ3) is 4.87. The largest absolute Gasteiger partial charge is 0.504 e. The zero-order valence-corrected chi connectivity index (χ0v) is 19.9.